The molecule has 5 N–H and O–H groups in total. The fraction of sp³-hybridized carbons (Fsp3) is 0.769. The summed E-state index contributed by atoms with van der Waals surface area (Å²) >= 11 is 0. The van der Waals surface area contributed by atoms with E-state index in [1.807, 2.05) is 18.3 Å². The number of amides is 1. The molecule has 0 bridgehead atoms. The van der Waals surface area contributed by atoms with Crippen molar-refractivity contribution in [3.63, 3.8) is 0 Å². The van der Waals surface area contributed by atoms with Gasteiger partial charge in [-0.15, -0.1) is 0 Å². The van der Waals surface area contributed by atoms with Crippen molar-refractivity contribution in [3.05, 3.63) is 0 Å². The van der Waals surface area contributed by atoms with Crippen molar-refractivity contribution in [1.29, 1.82) is 5.26 Å². The van der Waals surface area contributed by atoms with Crippen molar-refractivity contribution >= 4 is 12.1 Å². The Bertz CT molecular complexity index is 360. The van der Waals surface area contributed by atoms with E-state index in [0.717, 1.165) is 6.42 Å². The molecule has 0 spiro atoms. The van der Waals surface area contributed by atoms with Gasteiger partial charge in [0.2, 0.25) is 0 Å². The second-order valence-electron chi connectivity index (χ2n) is 5.25. The Labute approximate surface area is 124 Å². The minimum Gasteiger partial charge on any atom is -0.480 e. The van der Waals surface area contributed by atoms with Crippen LogP contribution >= 0.6 is 0 Å². The number of rotatable bonds is 5. The quantitative estimate of drug-likeness (QED) is 0.581. The molecular formula is C13H25N3O5. The molecule has 2 atom stereocenters. The van der Waals surface area contributed by atoms with Gasteiger partial charge in [-0.05, 0) is 27.2 Å². The van der Waals surface area contributed by atoms with Crippen LogP contribution in [0, 0.1) is 11.3 Å². The van der Waals surface area contributed by atoms with Gasteiger partial charge < -0.3 is 26.0 Å². The van der Waals surface area contributed by atoms with Crippen LogP contribution in [-0.2, 0) is 9.53 Å². The summed E-state index contributed by atoms with van der Waals surface area (Å²) in [5, 5.41) is 27.1. The highest BCUT2D eigenvalue weighted by Crippen LogP contribution is 2.06. The molecule has 0 rings (SSSR count). The summed E-state index contributed by atoms with van der Waals surface area (Å²) in [7, 11) is 0. The maximum Gasteiger partial charge on any atom is 0.408 e. The first-order chi connectivity index (χ1) is 9.57. The van der Waals surface area contributed by atoms with Crippen LogP contribution in [0.4, 0.5) is 4.79 Å². The first-order valence-corrected chi connectivity index (χ1v) is 6.53. The molecule has 0 aliphatic heterocycles. The number of carboxylic acid groups (broad SMARTS) is 1. The SMILES string of the molecule is CC(C)(C)OC(=O)N[C@@H](CO)C(=O)O.CC[C@@H](N)CC#N. The number of carbonyl (C=O) groups is 2. The molecule has 0 saturated carbocycles. The fourth-order valence-corrected chi connectivity index (χ4v) is 0.897. The summed E-state index contributed by atoms with van der Waals surface area (Å²) in [5.74, 6) is -1.31. The number of carboxylic acids is 1. The number of hydrogen-bond donors (Lipinski definition) is 4. The normalized spacial score (nSPS) is 13.0. The number of aliphatic hydroxyl groups excluding tert-OH is 1. The first kappa shape index (κ1) is 21.4. The molecule has 0 fully saturated rings. The Hall–Kier alpha value is -1.85. The van der Waals surface area contributed by atoms with E-state index < -0.39 is 30.3 Å². The van der Waals surface area contributed by atoms with Gasteiger partial charge in [0.15, 0.2) is 6.04 Å². The maximum atomic E-state index is 11.0. The molecule has 0 radical (unpaired) electrons. The predicted molar refractivity (Wildman–Crippen MR) is 76.4 cm³/mol. The van der Waals surface area contributed by atoms with Gasteiger partial charge in [-0.2, -0.15) is 5.26 Å². The maximum absolute atomic E-state index is 11.0. The number of nitrogens with one attached hydrogen (secondary N) is 1. The molecule has 122 valence electrons. The van der Waals surface area contributed by atoms with Crippen LogP contribution < -0.4 is 11.1 Å². The summed E-state index contributed by atoms with van der Waals surface area (Å²) in [6.07, 6.45) is 0.517. The zero-order valence-electron chi connectivity index (χ0n) is 12.9. The number of carbonyl (C=O) groups excluding carboxylic acids is 1. The fourth-order valence-electron chi connectivity index (χ4n) is 0.897. The highest BCUT2D eigenvalue weighted by molar-refractivity contribution is 5.80. The third-order valence-corrected chi connectivity index (χ3v) is 2.05. The van der Waals surface area contributed by atoms with Gasteiger partial charge in [0.25, 0.3) is 0 Å². The average molecular weight is 303 g/mol. The lowest BCUT2D eigenvalue weighted by atomic mass is 10.2. The second-order valence-corrected chi connectivity index (χ2v) is 5.25. The van der Waals surface area contributed by atoms with E-state index in [9.17, 15) is 9.59 Å². The minimum absolute atomic E-state index is 0.0880. The van der Waals surface area contributed by atoms with E-state index >= 15 is 0 Å². The Morgan fingerprint density at radius 1 is 1.43 bits per heavy atom. The van der Waals surface area contributed by atoms with Crippen molar-refractivity contribution in [2.75, 3.05) is 6.61 Å². The number of nitriles is 1. The molecule has 0 aliphatic rings. The molecular weight excluding hydrogens is 278 g/mol. The topological polar surface area (TPSA) is 146 Å². The molecule has 0 aromatic carbocycles. The van der Waals surface area contributed by atoms with E-state index in [4.69, 9.17) is 25.9 Å². The van der Waals surface area contributed by atoms with Crippen LogP contribution in [0.1, 0.15) is 40.5 Å². The number of alkyl carbamates (subject to hydrolysis) is 1. The van der Waals surface area contributed by atoms with E-state index in [1.54, 1.807) is 20.8 Å². The average Bonchev–Trinajstić information content (AvgIpc) is 2.34. The summed E-state index contributed by atoms with van der Waals surface area (Å²) in [5.41, 5.74) is 4.67. The van der Waals surface area contributed by atoms with E-state index in [-0.39, 0.29) is 6.04 Å². The van der Waals surface area contributed by atoms with E-state index in [1.165, 1.54) is 0 Å². The lowest BCUT2D eigenvalue weighted by molar-refractivity contribution is -0.140. The second kappa shape index (κ2) is 10.9. The zero-order chi connectivity index (χ0) is 17.1. The van der Waals surface area contributed by atoms with Gasteiger partial charge in [-0.25, -0.2) is 9.59 Å². The van der Waals surface area contributed by atoms with Gasteiger partial charge >= 0.3 is 12.1 Å². The summed E-state index contributed by atoms with van der Waals surface area (Å²) in [4.78, 5) is 21.4. The van der Waals surface area contributed by atoms with Crippen LogP contribution in [0.15, 0.2) is 0 Å². The first-order valence-electron chi connectivity index (χ1n) is 6.53. The Morgan fingerprint density at radius 2 is 1.95 bits per heavy atom. The monoisotopic (exact) mass is 303 g/mol. The highest BCUT2D eigenvalue weighted by atomic mass is 16.6. The molecule has 8 heteroatoms. The van der Waals surface area contributed by atoms with Crippen molar-refractivity contribution in [3.8, 4) is 6.07 Å². The third-order valence-electron chi connectivity index (χ3n) is 2.05. The summed E-state index contributed by atoms with van der Waals surface area (Å²) in [6, 6.07) is 0.752. The number of nitrogens with two attached hydrogens (primary N) is 1. The summed E-state index contributed by atoms with van der Waals surface area (Å²) in [6.45, 7) is 6.26. The largest absolute Gasteiger partial charge is 0.480 e. The molecule has 1 amide bonds. The number of aliphatic hydroxyl groups is 1. The molecule has 0 unspecified atom stereocenters. The number of nitrogens with zero attached hydrogens (tertiary/aromatic N) is 1. The Balaban J connectivity index is 0. The molecule has 0 aromatic rings. The Morgan fingerprint density at radius 3 is 2.19 bits per heavy atom. The van der Waals surface area contributed by atoms with Gasteiger partial charge in [0.1, 0.15) is 5.60 Å². The van der Waals surface area contributed by atoms with Crippen LogP contribution in [-0.4, -0.2) is 46.6 Å². The van der Waals surface area contributed by atoms with Gasteiger partial charge in [0, 0.05) is 6.04 Å². The highest BCUT2D eigenvalue weighted by Gasteiger charge is 2.22. The molecule has 8 nitrogen and oxygen atoms in total. The molecule has 0 saturated heterocycles. The molecule has 0 heterocycles. The standard InChI is InChI=1S/C8H15NO5.C5H10N2/c1-8(2,3)14-7(13)9-5(4-10)6(11)12;1-2-5(7)3-4-6/h5,10H,4H2,1-3H3,(H,9,13)(H,11,12);5H,2-3,7H2,1H3/t2*5-/m01/s1. The summed E-state index contributed by atoms with van der Waals surface area (Å²) < 4.78 is 4.80. The van der Waals surface area contributed by atoms with Crippen LogP contribution in [0.5, 0.6) is 0 Å². The number of ether oxygens (including phenoxy) is 1. The lowest BCUT2D eigenvalue weighted by Crippen LogP contribution is -2.45. The van der Waals surface area contributed by atoms with Gasteiger partial charge in [-0.1, -0.05) is 6.92 Å². The number of aliphatic carboxylic acids is 1. The van der Waals surface area contributed by atoms with Gasteiger partial charge in [-0.3, -0.25) is 0 Å². The molecule has 0 aliphatic carbocycles. The van der Waals surface area contributed by atoms with E-state index in [0.29, 0.717) is 6.42 Å². The van der Waals surface area contributed by atoms with Crippen LogP contribution in [0.25, 0.3) is 0 Å². The minimum atomic E-state index is -1.33. The van der Waals surface area contributed by atoms with Crippen molar-refractivity contribution in [1.82, 2.24) is 5.32 Å². The van der Waals surface area contributed by atoms with Crippen molar-refractivity contribution in [2.45, 2.75) is 58.2 Å². The third kappa shape index (κ3) is 14.4. The molecule has 0 aromatic heterocycles. The zero-order valence-corrected chi connectivity index (χ0v) is 12.9. The number of hydrogen-bond acceptors (Lipinski definition) is 6. The Kier molecular flexibility index (Phi) is 11.1. The van der Waals surface area contributed by atoms with E-state index in [2.05, 4.69) is 0 Å². The van der Waals surface area contributed by atoms with Crippen molar-refractivity contribution in [2.24, 2.45) is 5.73 Å². The van der Waals surface area contributed by atoms with Crippen LogP contribution in [0.2, 0.25) is 0 Å². The van der Waals surface area contributed by atoms with Crippen LogP contribution in [0.3, 0.4) is 0 Å². The molecule has 21 heavy (non-hydrogen) atoms. The predicted octanol–water partition coefficient (Wildman–Crippen LogP) is 0.594. The smallest absolute Gasteiger partial charge is 0.408 e. The lowest BCUT2D eigenvalue weighted by Gasteiger charge is -2.21. The van der Waals surface area contributed by atoms with Gasteiger partial charge in [0.05, 0.1) is 19.1 Å². The van der Waals surface area contributed by atoms with Crippen molar-refractivity contribution < 1.29 is 24.5 Å².